The maximum atomic E-state index is 9.44. The minimum absolute atomic E-state index is 0.523. The SMILES string of the molecule is OB(O)c1ccc2sc3cccc(-c4ccccc4)c3c2c1. The molecule has 4 aromatic rings. The second-order valence-electron chi connectivity index (χ2n) is 5.28. The fourth-order valence-electron chi connectivity index (χ4n) is 2.86. The van der Waals surface area contributed by atoms with Crippen LogP contribution in [0, 0.1) is 0 Å². The van der Waals surface area contributed by atoms with Gasteiger partial charge in [0, 0.05) is 20.2 Å². The van der Waals surface area contributed by atoms with Gasteiger partial charge in [-0.3, -0.25) is 0 Å². The van der Waals surface area contributed by atoms with Gasteiger partial charge in [-0.15, -0.1) is 11.3 Å². The third-order valence-electron chi connectivity index (χ3n) is 3.90. The molecule has 0 radical (unpaired) electrons. The van der Waals surface area contributed by atoms with Crippen LogP contribution in [0.15, 0.2) is 66.7 Å². The van der Waals surface area contributed by atoms with Gasteiger partial charge < -0.3 is 10.0 Å². The van der Waals surface area contributed by atoms with Crippen LogP contribution in [0.5, 0.6) is 0 Å². The summed E-state index contributed by atoms with van der Waals surface area (Å²) in [6.45, 7) is 0. The lowest BCUT2D eigenvalue weighted by atomic mass is 9.79. The normalized spacial score (nSPS) is 11.2. The van der Waals surface area contributed by atoms with Crippen molar-refractivity contribution in [2.24, 2.45) is 0 Å². The predicted molar refractivity (Wildman–Crippen MR) is 94.6 cm³/mol. The average Bonchev–Trinajstić information content (AvgIpc) is 2.93. The van der Waals surface area contributed by atoms with Gasteiger partial charge in [-0.1, -0.05) is 54.6 Å². The molecule has 0 spiro atoms. The van der Waals surface area contributed by atoms with Crippen LogP contribution in [-0.4, -0.2) is 17.2 Å². The Morgan fingerprint density at radius 1 is 0.773 bits per heavy atom. The van der Waals surface area contributed by atoms with E-state index in [2.05, 4.69) is 30.3 Å². The van der Waals surface area contributed by atoms with Gasteiger partial charge in [0.15, 0.2) is 0 Å². The van der Waals surface area contributed by atoms with Gasteiger partial charge >= 0.3 is 7.12 Å². The Labute approximate surface area is 132 Å². The second kappa shape index (κ2) is 5.25. The largest absolute Gasteiger partial charge is 0.488 e. The van der Waals surface area contributed by atoms with E-state index in [0.29, 0.717) is 5.46 Å². The zero-order valence-electron chi connectivity index (χ0n) is 11.7. The molecule has 0 atom stereocenters. The van der Waals surface area contributed by atoms with Crippen LogP contribution >= 0.6 is 11.3 Å². The minimum Gasteiger partial charge on any atom is -0.423 e. The molecular formula is C18H13BO2S. The molecule has 1 heterocycles. The summed E-state index contributed by atoms with van der Waals surface area (Å²) in [6.07, 6.45) is 0. The third-order valence-corrected chi connectivity index (χ3v) is 5.04. The van der Waals surface area contributed by atoms with Gasteiger partial charge in [0.25, 0.3) is 0 Å². The molecule has 0 aliphatic carbocycles. The van der Waals surface area contributed by atoms with E-state index in [9.17, 15) is 10.0 Å². The Hall–Kier alpha value is -2.14. The van der Waals surface area contributed by atoms with Crippen molar-refractivity contribution in [3.05, 3.63) is 66.7 Å². The molecule has 3 aromatic carbocycles. The highest BCUT2D eigenvalue weighted by molar-refractivity contribution is 7.26. The standard InChI is InChI=1S/C18H13BO2S/c20-19(21)13-9-10-16-15(11-13)18-14(7-4-8-17(18)22-16)12-5-2-1-3-6-12/h1-11,20-21H. The predicted octanol–water partition coefficient (Wildman–Crippen LogP) is 3.40. The van der Waals surface area contributed by atoms with Crippen LogP contribution in [0.3, 0.4) is 0 Å². The van der Waals surface area contributed by atoms with Gasteiger partial charge in [-0.05, 0) is 28.7 Å². The van der Waals surface area contributed by atoms with E-state index in [1.54, 1.807) is 17.4 Å². The molecule has 22 heavy (non-hydrogen) atoms. The Morgan fingerprint density at radius 2 is 1.59 bits per heavy atom. The molecule has 0 bridgehead atoms. The lowest BCUT2D eigenvalue weighted by Crippen LogP contribution is -2.29. The fraction of sp³-hybridized carbons (Fsp3) is 0. The molecule has 4 rings (SSSR count). The Balaban J connectivity index is 2.09. The van der Waals surface area contributed by atoms with E-state index in [4.69, 9.17) is 0 Å². The first-order chi connectivity index (χ1) is 10.7. The van der Waals surface area contributed by atoms with Crippen molar-refractivity contribution in [1.82, 2.24) is 0 Å². The molecule has 0 saturated heterocycles. The lowest BCUT2D eigenvalue weighted by molar-refractivity contribution is 0.426. The summed E-state index contributed by atoms with van der Waals surface area (Å²) in [7, 11) is -1.44. The zero-order chi connectivity index (χ0) is 15.1. The van der Waals surface area contributed by atoms with Crippen molar-refractivity contribution in [2.75, 3.05) is 0 Å². The van der Waals surface area contributed by atoms with E-state index in [1.165, 1.54) is 21.2 Å². The van der Waals surface area contributed by atoms with Crippen LogP contribution in [0.4, 0.5) is 0 Å². The van der Waals surface area contributed by atoms with Crippen LogP contribution < -0.4 is 5.46 Å². The molecule has 106 valence electrons. The van der Waals surface area contributed by atoms with Gasteiger partial charge in [0.05, 0.1) is 0 Å². The molecule has 2 N–H and O–H groups in total. The third kappa shape index (κ3) is 2.13. The molecule has 4 heteroatoms. The number of thiophene rings is 1. The highest BCUT2D eigenvalue weighted by atomic mass is 32.1. The summed E-state index contributed by atoms with van der Waals surface area (Å²) in [6, 6.07) is 22.2. The van der Waals surface area contributed by atoms with E-state index < -0.39 is 7.12 Å². The quantitative estimate of drug-likeness (QED) is 0.557. The van der Waals surface area contributed by atoms with E-state index in [1.807, 2.05) is 30.3 Å². The smallest absolute Gasteiger partial charge is 0.423 e. The first-order valence-corrected chi connectivity index (χ1v) is 7.92. The van der Waals surface area contributed by atoms with Crippen molar-refractivity contribution in [3.63, 3.8) is 0 Å². The van der Waals surface area contributed by atoms with Crippen molar-refractivity contribution < 1.29 is 10.0 Å². The Bertz CT molecular complexity index is 961. The highest BCUT2D eigenvalue weighted by Crippen LogP contribution is 2.39. The molecular weight excluding hydrogens is 291 g/mol. The number of benzene rings is 3. The Kier molecular flexibility index (Phi) is 3.23. The number of rotatable bonds is 2. The van der Waals surface area contributed by atoms with Crippen molar-refractivity contribution in [1.29, 1.82) is 0 Å². The van der Waals surface area contributed by atoms with Gasteiger partial charge in [-0.2, -0.15) is 0 Å². The molecule has 0 aliphatic heterocycles. The topological polar surface area (TPSA) is 40.5 Å². The molecule has 0 aliphatic rings. The number of fused-ring (bicyclic) bond motifs is 3. The molecule has 0 saturated carbocycles. The summed E-state index contributed by atoms with van der Waals surface area (Å²) in [5, 5.41) is 21.1. The average molecular weight is 304 g/mol. The monoisotopic (exact) mass is 304 g/mol. The molecule has 0 amide bonds. The van der Waals surface area contributed by atoms with Crippen molar-refractivity contribution in [2.45, 2.75) is 0 Å². The van der Waals surface area contributed by atoms with Gasteiger partial charge in [0.2, 0.25) is 0 Å². The maximum Gasteiger partial charge on any atom is 0.488 e. The zero-order valence-corrected chi connectivity index (χ0v) is 12.5. The lowest BCUT2D eigenvalue weighted by Gasteiger charge is -2.05. The highest BCUT2D eigenvalue weighted by Gasteiger charge is 2.15. The van der Waals surface area contributed by atoms with E-state index in [0.717, 1.165) is 10.1 Å². The van der Waals surface area contributed by atoms with Crippen molar-refractivity contribution >= 4 is 44.1 Å². The maximum absolute atomic E-state index is 9.44. The minimum atomic E-state index is -1.44. The van der Waals surface area contributed by atoms with Crippen LogP contribution in [0.25, 0.3) is 31.3 Å². The summed E-state index contributed by atoms with van der Waals surface area (Å²) in [5.41, 5.74) is 2.87. The number of hydrogen-bond acceptors (Lipinski definition) is 3. The number of hydrogen-bond donors (Lipinski definition) is 2. The van der Waals surface area contributed by atoms with Crippen LogP contribution in [0.1, 0.15) is 0 Å². The Morgan fingerprint density at radius 3 is 2.36 bits per heavy atom. The first-order valence-electron chi connectivity index (χ1n) is 7.11. The summed E-state index contributed by atoms with van der Waals surface area (Å²) < 4.78 is 2.36. The van der Waals surface area contributed by atoms with Crippen LogP contribution in [-0.2, 0) is 0 Å². The van der Waals surface area contributed by atoms with Gasteiger partial charge in [-0.25, -0.2) is 0 Å². The summed E-state index contributed by atoms with van der Waals surface area (Å²) >= 11 is 1.73. The van der Waals surface area contributed by atoms with E-state index in [-0.39, 0.29) is 0 Å². The summed E-state index contributed by atoms with van der Waals surface area (Å²) in [4.78, 5) is 0. The van der Waals surface area contributed by atoms with E-state index >= 15 is 0 Å². The summed E-state index contributed by atoms with van der Waals surface area (Å²) in [5.74, 6) is 0. The van der Waals surface area contributed by atoms with Gasteiger partial charge in [0.1, 0.15) is 0 Å². The van der Waals surface area contributed by atoms with Crippen molar-refractivity contribution in [3.8, 4) is 11.1 Å². The fourth-order valence-corrected chi connectivity index (χ4v) is 3.98. The molecule has 1 aromatic heterocycles. The van der Waals surface area contributed by atoms with Crippen LogP contribution in [0.2, 0.25) is 0 Å². The first kappa shape index (κ1) is 13.5. The molecule has 0 fully saturated rings. The molecule has 2 nitrogen and oxygen atoms in total. The second-order valence-corrected chi connectivity index (χ2v) is 6.36. The molecule has 0 unspecified atom stereocenters.